The van der Waals surface area contributed by atoms with E-state index in [0.29, 0.717) is 12.8 Å². The van der Waals surface area contributed by atoms with E-state index in [1.54, 1.807) is 0 Å². The molecule has 1 atom stereocenters. The Labute approximate surface area is 135 Å². The Morgan fingerprint density at radius 3 is 2.87 bits per heavy atom. The molecule has 1 aromatic rings. The molecule has 1 fully saturated rings. The predicted molar refractivity (Wildman–Crippen MR) is 79.0 cm³/mol. The molecule has 1 aliphatic heterocycles. The summed E-state index contributed by atoms with van der Waals surface area (Å²) in [5.41, 5.74) is 0.941. The number of carbonyl (C=O) groups excluding carboxylic acids is 2. The lowest BCUT2D eigenvalue weighted by atomic mass is 10.2. The van der Waals surface area contributed by atoms with Gasteiger partial charge in [-0.1, -0.05) is 0 Å². The van der Waals surface area contributed by atoms with Crippen molar-refractivity contribution in [1.82, 2.24) is 15.2 Å². The van der Waals surface area contributed by atoms with Gasteiger partial charge in [-0.25, -0.2) is 4.98 Å². The standard InChI is InChI=1S/C14H18F3N3O2S/c1-9-7-23-12(18-9)4-2-3-11(21)19-10-5-6-20(13(10)22)8-14(15,16)17/h7,10H,2-6,8H2,1H3,(H,19,21)/t10-/m1/s1. The summed E-state index contributed by atoms with van der Waals surface area (Å²) in [7, 11) is 0. The van der Waals surface area contributed by atoms with Crippen LogP contribution in [0.2, 0.25) is 0 Å². The predicted octanol–water partition coefficient (Wildman–Crippen LogP) is 2.05. The normalized spacial score (nSPS) is 18.5. The van der Waals surface area contributed by atoms with E-state index in [-0.39, 0.29) is 25.3 Å². The maximum atomic E-state index is 12.3. The summed E-state index contributed by atoms with van der Waals surface area (Å²) in [6.07, 6.45) is -2.72. The second-order valence-corrected chi connectivity index (χ2v) is 6.46. The van der Waals surface area contributed by atoms with Crippen molar-refractivity contribution in [3.8, 4) is 0 Å². The van der Waals surface area contributed by atoms with E-state index in [2.05, 4.69) is 10.3 Å². The third kappa shape index (κ3) is 5.49. The number of hydrogen-bond acceptors (Lipinski definition) is 4. The van der Waals surface area contributed by atoms with Crippen molar-refractivity contribution >= 4 is 23.2 Å². The van der Waals surface area contributed by atoms with Gasteiger partial charge in [0.2, 0.25) is 11.8 Å². The lowest BCUT2D eigenvalue weighted by molar-refractivity contribution is -0.158. The van der Waals surface area contributed by atoms with E-state index in [1.165, 1.54) is 11.3 Å². The second-order valence-electron chi connectivity index (χ2n) is 5.52. The summed E-state index contributed by atoms with van der Waals surface area (Å²) < 4.78 is 36.9. The van der Waals surface area contributed by atoms with E-state index in [4.69, 9.17) is 0 Å². The number of aromatic nitrogens is 1. The molecule has 1 saturated heterocycles. The van der Waals surface area contributed by atoms with E-state index in [1.807, 2.05) is 12.3 Å². The van der Waals surface area contributed by atoms with Crippen LogP contribution in [0.3, 0.4) is 0 Å². The second kappa shape index (κ2) is 7.29. The van der Waals surface area contributed by atoms with Gasteiger partial charge in [0.25, 0.3) is 0 Å². The number of alkyl halides is 3. The van der Waals surface area contributed by atoms with E-state index in [0.717, 1.165) is 15.6 Å². The summed E-state index contributed by atoms with van der Waals surface area (Å²) in [6, 6.07) is -0.841. The van der Waals surface area contributed by atoms with E-state index in [9.17, 15) is 22.8 Å². The molecule has 2 heterocycles. The summed E-state index contributed by atoms with van der Waals surface area (Å²) in [6.45, 7) is 0.647. The molecule has 1 aliphatic rings. The summed E-state index contributed by atoms with van der Waals surface area (Å²) in [5, 5.41) is 5.40. The fraction of sp³-hybridized carbons (Fsp3) is 0.643. The number of aryl methyl sites for hydroxylation is 2. The van der Waals surface area contributed by atoms with Gasteiger partial charge >= 0.3 is 6.18 Å². The van der Waals surface area contributed by atoms with Crippen LogP contribution >= 0.6 is 11.3 Å². The van der Waals surface area contributed by atoms with Crippen molar-refractivity contribution in [2.24, 2.45) is 0 Å². The van der Waals surface area contributed by atoms with Gasteiger partial charge in [0.1, 0.15) is 12.6 Å². The minimum Gasteiger partial charge on any atom is -0.344 e. The molecule has 0 aromatic carbocycles. The molecule has 1 aromatic heterocycles. The smallest absolute Gasteiger partial charge is 0.344 e. The van der Waals surface area contributed by atoms with Crippen LogP contribution in [0, 0.1) is 6.92 Å². The first-order valence-electron chi connectivity index (χ1n) is 7.30. The van der Waals surface area contributed by atoms with Crippen LogP contribution in [0.15, 0.2) is 5.38 Å². The Morgan fingerprint density at radius 1 is 1.52 bits per heavy atom. The molecule has 23 heavy (non-hydrogen) atoms. The molecule has 0 bridgehead atoms. The highest BCUT2D eigenvalue weighted by Gasteiger charge is 2.39. The number of nitrogens with one attached hydrogen (secondary N) is 1. The molecule has 5 nitrogen and oxygen atoms in total. The molecule has 1 N–H and O–H groups in total. The van der Waals surface area contributed by atoms with Crippen LogP contribution in [0.4, 0.5) is 13.2 Å². The van der Waals surface area contributed by atoms with Gasteiger partial charge in [-0.2, -0.15) is 13.2 Å². The molecular formula is C14H18F3N3O2S. The Bertz CT molecular complexity index is 574. The highest BCUT2D eigenvalue weighted by Crippen LogP contribution is 2.21. The molecule has 0 spiro atoms. The molecule has 0 radical (unpaired) electrons. The van der Waals surface area contributed by atoms with Crippen LogP contribution < -0.4 is 5.32 Å². The van der Waals surface area contributed by atoms with Crippen molar-refractivity contribution in [3.05, 3.63) is 16.1 Å². The SMILES string of the molecule is Cc1csc(CCCC(=O)N[C@@H]2CCN(CC(F)(F)F)C2=O)n1. The number of rotatable bonds is 6. The number of amides is 2. The average molecular weight is 349 g/mol. The molecular weight excluding hydrogens is 331 g/mol. The largest absolute Gasteiger partial charge is 0.406 e. The van der Waals surface area contributed by atoms with Crippen molar-refractivity contribution in [1.29, 1.82) is 0 Å². The number of halogens is 3. The Hall–Kier alpha value is -1.64. The molecule has 0 aliphatic carbocycles. The number of likely N-dealkylation sites (tertiary alicyclic amines) is 1. The zero-order valence-electron chi connectivity index (χ0n) is 12.7. The lowest BCUT2D eigenvalue weighted by Crippen LogP contribution is -2.43. The first-order valence-corrected chi connectivity index (χ1v) is 8.18. The summed E-state index contributed by atoms with van der Waals surface area (Å²) >= 11 is 1.53. The van der Waals surface area contributed by atoms with Crippen LogP contribution in [0.1, 0.15) is 30.0 Å². The van der Waals surface area contributed by atoms with Crippen molar-refractivity contribution < 1.29 is 22.8 Å². The quantitative estimate of drug-likeness (QED) is 0.855. The first kappa shape index (κ1) is 17.7. The van der Waals surface area contributed by atoms with Gasteiger partial charge in [-0.15, -0.1) is 11.3 Å². The van der Waals surface area contributed by atoms with Crippen molar-refractivity contribution in [2.75, 3.05) is 13.1 Å². The van der Waals surface area contributed by atoms with Gasteiger partial charge in [0, 0.05) is 24.0 Å². The van der Waals surface area contributed by atoms with Gasteiger partial charge < -0.3 is 10.2 Å². The first-order chi connectivity index (χ1) is 10.7. The lowest BCUT2D eigenvalue weighted by Gasteiger charge is -2.18. The molecule has 0 saturated carbocycles. The highest BCUT2D eigenvalue weighted by molar-refractivity contribution is 7.09. The van der Waals surface area contributed by atoms with Gasteiger partial charge in [0.15, 0.2) is 0 Å². The van der Waals surface area contributed by atoms with Gasteiger partial charge in [0.05, 0.1) is 5.01 Å². The van der Waals surface area contributed by atoms with E-state index < -0.39 is 24.7 Å². The third-order valence-electron chi connectivity index (χ3n) is 3.46. The fourth-order valence-corrected chi connectivity index (χ4v) is 3.25. The van der Waals surface area contributed by atoms with Crippen molar-refractivity contribution in [2.45, 2.75) is 44.8 Å². The zero-order chi connectivity index (χ0) is 17.0. The minimum atomic E-state index is -4.42. The van der Waals surface area contributed by atoms with Gasteiger partial charge in [-0.3, -0.25) is 9.59 Å². The monoisotopic (exact) mass is 349 g/mol. The minimum absolute atomic E-state index is 0.0156. The topological polar surface area (TPSA) is 62.3 Å². The third-order valence-corrected chi connectivity index (χ3v) is 4.49. The molecule has 9 heteroatoms. The number of nitrogens with zero attached hydrogens (tertiary/aromatic N) is 2. The number of hydrogen-bond donors (Lipinski definition) is 1. The van der Waals surface area contributed by atoms with Crippen molar-refractivity contribution in [3.63, 3.8) is 0 Å². The molecule has 2 amide bonds. The van der Waals surface area contributed by atoms with Gasteiger partial charge in [-0.05, 0) is 26.2 Å². The van der Waals surface area contributed by atoms with Crippen LogP contribution in [-0.2, 0) is 16.0 Å². The van der Waals surface area contributed by atoms with Crippen LogP contribution in [0.25, 0.3) is 0 Å². The highest BCUT2D eigenvalue weighted by atomic mass is 32.1. The average Bonchev–Trinajstić information content (AvgIpc) is 2.98. The van der Waals surface area contributed by atoms with Crippen LogP contribution in [0.5, 0.6) is 0 Å². The Morgan fingerprint density at radius 2 is 2.26 bits per heavy atom. The molecule has 128 valence electrons. The number of carbonyl (C=O) groups is 2. The zero-order valence-corrected chi connectivity index (χ0v) is 13.5. The maximum Gasteiger partial charge on any atom is 0.406 e. The summed E-state index contributed by atoms with van der Waals surface area (Å²) in [4.78, 5) is 28.7. The van der Waals surface area contributed by atoms with Crippen LogP contribution in [-0.4, -0.2) is 47.0 Å². The summed E-state index contributed by atoms with van der Waals surface area (Å²) in [5.74, 6) is -0.975. The Kier molecular flexibility index (Phi) is 5.61. The van der Waals surface area contributed by atoms with E-state index >= 15 is 0 Å². The number of thiazole rings is 1. The molecule has 2 rings (SSSR count). The fourth-order valence-electron chi connectivity index (χ4n) is 2.43. The molecule has 0 unspecified atom stereocenters. The maximum absolute atomic E-state index is 12.3. The Balaban J connectivity index is 1.72.